The fraction of sp³-hybridized carbons (Fsp3) is 0.500. The predicted molar refractivity (Wildman–Crippen MR) is 74.3 cm³/mol. The van der Waals surface area contributed by atoms with Crippen LogP contribution in [0.5, 0.6) is 0 Å². The van der Waals surface area contributed by atoms with E-state index in [-0.39, 0.29) is 5.75 Å². The highest BCUT2D eigenvalue weighted by molar-refractivity contribution is 7.92. The molecule has 6 heteroatoms. The molecule has 5 nitrogen and oxygen atoms in total. The largest absolute Gasteiger partial charge is 0.480 e. The molecule has 3 rings (SSSR count). The van der Waals surface area contributed by atoms with Gasteiger partial charge in [-0.1, -0.05) is 24.3 Å². The van der Waals surface area contributed by atoms with E-state index in [1.165, 1.54) is 0 Å². The second-order valence-electron chi connectivity index (χ2n) is 5.49. The van der Waals surface area contributed by atoms with Crippen molar-refractivity contribution in [2.24, 2.45) is 0 Å². The lowest BCUT2D eigenvalue weighted by molar-refractivity contribution is -0.139. The van der Waals surface area contributed by atoms with Gasteiger partial charge in [-0.2, -0.15) is 0 Å². The molecule has 1 aliphatic heterocycles. The number of carboxylic acid groups (broad SMARTS) is 1. The van der Waals surface area contributed by atoms with Crippen molar-refractivity contribution in [2.45, 2.75) is 36.6 Å². The molecule has 2 aliphatic rings. The first-order valence-corrected chi connectivity index (χ1v) is 8.49. The summed E-state index contributed by atoms with van der Waals surface area (Å²) in [5.41, 5.74) is 2.05. The van der Waals surface area contributed by atoms with E-state index in [0.29, 0.717) is 6.42 Å². The van der Waals surface area contributed by atoms with E-state index < -0.39 is 33.1 Å². The zero-order chi connectivity index (χ0) is 14.3. The Balaban J connectivity index is 2.08. The van der Waals surface area contributed by atoms with Crippen molar-refractivity contribution in [3.05, 3.63) is 35.4 Å². The summed E-state index contributed by atoms with van der Waals surface area (Å²) >= 11 is 0. The summed E-state index contributed by atoms with van der Waals surface area (Å²) in [5, 5.41) is 11.7. The van der Waals surface area contributed by atoms with E-state index in [4.69, 9.17) is 5.11 Å². The third kappa shape index (κ3) is 2.23. The van der Waals surface area contributed by atoms with Gasteiger partial charge in [0.2, 0.25) is 0 Å². The molecule has 0 aromatic heterocycles. The molecule has 0 radical (unpaired) electrons. The first-order valence-electron chi connectivity index (χ1n) is 6.77. The first kappa shape index (κ1) is 13.6. The standard InChI is InChI=1S/C14H17NO4S/c16-14(17)11-8-20(18,19)12-7-3-5-9-4-1-2-6-10(9)13(12)15-11/h1-2,4,6,11-13,15H,3,5,7-8H2,(H,16,17). The number of nitrogens with one attached hydrogen (secondary N) is 1. The molecule has 2 N–H and O–H groups in total. The van der Waals surface area contributed by atoms with Crippen molar-refractivity contribution in [1.29, 1.82) is 0 Å². The minimum absolute atomic E-state index is 0.314. The Labute approximate surface area is 117 Å². The van der Waals surface area contributed by atoms with Crippen molar-refractivity contribution < 1.29 is 18.3 Å². The second kappa shape index (κ2) is 4.86. The van der Waals surface area contributed by atoms with E-state index >= 15 is 0 Å². The molecule has 1 aliphatic carbocycles. The number of sulfone groups is 1. The number of hydrogen-bond acceptors (Lipinski definition) is 4. The highest BCUT2D eigenvalue weighted by atomic mass is 32.2. The van der Waals surface area contributed by atoms with Gasteiger partial charge in [0.1, 0.15) is 6.04 Å². The third-order valence-corrected chi connectivity index (χ3v) is 6.46. The minimum Gasteiger partial charge on any atom is -0.480 e. The van der Waals surface area contributed by atoms with Gasteiger partial charge in [-0.05, 0) is 30.4 Å². The van der Waals surface area contributed by atoms with Crippen LogP contribution < -0.4 is 5.32 Å². The molecule has 20 heavy (non-hydrogen) atoms. The highest BCUT2D eigenvalue weighted by Crippen LogP contribution is 2.36. The van der Waals surface area contributed by atoms with Gasteiger partial charge in [-0.25, -0.2) is 8.42 Å². The average Bonchev–Trinajstić information content (AvgIpc) is 2.58. The number of carboxylic acids is 1. The molecular formula is C14H17NO4S. The molecule has 0 amide bonds. The second-order valence-corrected chi connectivity index (χ2v) is 7.76. The van der Waals surface area contributed by atoms with Crippen molar-refractivity contribution >= 4 is 15.8 Å². The van der Waals surface area contributed by atoms with Crippen LogP contribution in [0.25, 0.3) is 0 Å². The van der Waals surface area contributed by atoms with Crippen LogP contribution in [0.4, 0.5) is 0 Å². The van der Waals surface area contributed by atoms with E-state index in [2.05, 4.69) is 5.32 Å². The van der Waals surface area contributed by atoms with Crippen LogP contribution >= 0.6 is 0 Å². The zero-order valence-electron chi connectivity index (χ0n) is 11.0. The van der Waals surface area contributed by atoms with Gasteiger partial charge in [0.15, 0.2) is 9.84 Å². The quantitative estimate of drug-likeness (QED) is 0.804. The fourth-order valence-electron chi connectivity index (χ4n) is 3.27. The highest BCUT2D eigenvalue weighted by Gasteiger charge is 2.45. The fourth-order valence-corrected chi connectivity index (χ4v) is 5.39. The summed E-state index contributed by atoms with van der Waals surface area (Å²) in [6, 6.07) is 6.29. The van der Waals surface area contributed by atoms with Crippen LogP contribution in [0.1, 0.15) is 30.0 Å². The average molecular weight is 295 g/mol. The summed E-state index contributed by atoms with van der Waals surface area (Å²) in [6.45, 7) is 0. The molecular weight excluding hydrogens is 278 g/mol. The van der Waals surface area contributed by atoms with Crippen LogP contribution in [-0.2, 0) is 21.1 Å². The number of rotatable bonds is 1. The zero-order valence-corrected chi connectivity index (χ0v) is 11.8. The number of carbonyl (C=O) groups is 1. The molecule has 0 bridgehead atoms. The Morgan fingerprint density at radius 1 is 1.30 bits per heavy atom. The van der Waals surface area contributed by atoms with Crippen molar-refractivity contribution in [3.8, 4) is 0 Å². The molecule has 3 unspecified atom stereocenters. The molecule has 0 spiro atoms. The summed E-state index contributed by atoms with van der Waals surface area (Å²) in [4.78, 5) is 11.2. The monoisotopic (exact) mass is 295 g/mol. The van der Waals surface area contributed by atoms with Gasteiger partial charge in [-0.15, -0.1) is 0 Å². The van der Waals surface area contributed by atoms with Crippen molar-refractivity contribution in [3.63, 3.8) is 0 Å². The van der Waals surface area contributed by atoms with Gasteiger partial charge in [0.25, 0.3) is 0 Å². The van der Waals surface area contributed by atoms with E-state index in [1.54, 1.807) is 0 Å². The predicted octanol–water partition coefficient (Wildman–Crippen LogP) is 0.904. The van der Waals surface area contributed by atoms with Gasteiger partial charge in [0, 0.05) is 6.04 Å². The van der Waals surface area contributed by atoms with Crippen molar-refractivity contribution in [2.75, 3.05) is 5.75 Å². The topological polar surface area (TPSA) is 83.5 Å². The summed E-state index contributed by atoms with van der Waals surface area (Å²) in [7, 11) is -3.39. The number of hydrogen-bond donors (Lipinski definition) is 2. The lowest BCUT2D eigenvalue weighted by atomic mass is 9.98. The molecule has 1 saturated heterocycles. The first-order chi connectivity index (χ1) is 9.49. The van der Waals surface area contributed by atoms with E-state index in [1.807, 2.05) is 24.3 Å². The molecule has 1 heterocycles. The lowest BCUT2D eigenvalue weighted by Crippen LogP contribution is -2.55. The summed E-state index contributed by atoms with van der Waals surface area (Å²) in [6.07, 6.45) is 2.25. The maximum absolute atomic E-state index is 12.4. The van der Waals surface area contributed by atoms with E-state index in [9.17, 15) is 13.2 Å². The van der Waals surface area contributed by atoms with Crippen LogP contribution in [0, 0.1) is 0 Å². The number of aryl methyl sites for hydroxylation is 1. The Hall–Kier alpha value is -1.40. The minimum atomic E-state index is -3.39. The Kier molecular flexibility index (Phi) is 3.30. The third-order valence-electron chi connectivity index (χ3n) is 4.24. The van der Waals surface area contributed by atoms with Gasteiger partial charge < -0.3 is 5.11 Å². The number of benzene rings is 1. The Morgan fingerprint density at radius 2 is 2.05 bits per heavy atom. The number of fused-ring (bicyclic) bond motifs is 3. The molecule has 1 aromatic carbocycles. The summed E-state index contributed by atoms with van der Waals surface area (Å²) < 4.78 is 24.8. The molecule has 1 fully saturated rings. The van der Waals surface area contributed by atoms with Gasteiger partial charge in [-0.3, -0.25) is 10.1 Å². The molecule has 108 valence electrons. The number of aliphatic carboxylic acids is 1. The Bertz CT molecular complexity index is 640. The molecule has 1 aromatic rings. The van der Waals surface area contributed by atoms with E-state index in [0.717, 1.165) is 24.0 Å². The van der Waals surface area contributed by atoms with Gasteiger partial charge in [0.05, 0.1) is 11.0 Å². The molecule has 3 atom stereocenters. The summed E-state index contributed by atoms with van der Waals surface area (Å²) in [5.74, 6) is -1.42. The lowest BCUT2D eigenvalue weighted by Gasteiger charge is -2.35. The normalized spacial score (nSPS) is 31.7. The van der Waals surface area contributed by atoms with Crippen molar-refractivity contribution in [1.82, 2.24) is 5.32 Å². The maximum Gasteiger partial charge on any atom is 0.321 e. The SMILES string of the molecule is O=C(O)C1CS(=O)(=O)C2CCCc3ccccc3C2N1. The van der Waals surface area contributed by atoms with Crippen LogP contribution in [0.3, 0.4) is 0 Å². The van der Waals surface area contributed by atoms with Crippen LogP contribution in [-0.4, -0.2) is 36.5 Å². The van der Waals surface area contributed by atoms with Gasteiger partial charge >= 0.3 is 5.97 Å². The van der Waals surface area contributed by atoms with Crippen LogP contribution in [0.15, 0.2) is 24.3 Å². The van der Waals surface area contributed by atoms with Crippen LogP contribution in [0.2, 0.25) is 0 Å². The maximum atomic E-state index is 12.4. The Morgan fingerprint density at radius 3 is 2.80 bits per heavy atom. The molecule has 0 saturated carbocycles. The smallest absolute Gasteiger partial charge is 0.321 e.